The van der Waals surface area contributed by atoms with Crippen molar-refractivity contribution in [3.63, 3.8) is 0 Å². The first-order chi connectivity index (χ1) is 11.6. The lowest BCUT2D eigenvalue weighted by Gasteiger charge is -2.13. The summed E-state index contributed by atoms with van der Waals surface area (Å²) in [5.74, 6) is -1.68. The molecule has 9 nitrogen and oxygen atoms in total. The zero-order valence-corrected chi connectivity index (χ0v) is 12.7. The quantitative estimate of drug-likeness (QED) is 0.521. The van der Waals surface area contributed by atoms with Crippen LogP contribution < -0.4 is 5.32 Å². The molecule has 0 unspecified atom stereocenters. The van der Waals surface area contributed by atoms with E-state index in [0.29, 0.717) is 16.6 Å². The average molecular weight is 330 g/mol. The zero-order valence-electron chi connectivity index (χ0n) is 12.7. The molecule has 1 aromatic carbocycles. The number of carbonyl (C=O) groups excluding carboxylic acids is 3. The van der Waals surface area contributed by atoms with E-state index < -0.39 is 17.8 Å². The number of hydrogen-bond donors (Lipinski definition) is 3. The molecule has 9 heteroatoms. The summed E-state index contributed by atoms with van der Waals surface area (Å²) >= 11 is 0. The van der Waals surface area contributed by atoms with Crippen molar-refractivity contribution in [2.75, 3.05) is 25.6 Å². The second-order valence-electron chi connectivity index (χ2n) is 4.99. The third-order valence-corrected chi connectivity index (χ3v) is 3.57. The van der Waals surface area contributed by atoms with Gasteiger partial charge in [-0.1, -0.05) is 6.07 Å². The maximum absolute atomic E-state index is 12.2. The van der Waals surface area contributed by atoms with Crippen LogP contribution in [-0.2, 0) is 14.3 Å². The van der Waals surface area contributed by atoms with E-state index in [1.807, 2.05) is 0 Å². The fourth-order valence-corrected chi connectivity index (χ4v) is 2.48. The first kappa shape index (κ1) is 15.7. The fourth-order valence-electron chi connectivity index (χ4n) is 2.48. The molecule has 124 valence electrons. The molecule has 0 atom stereocenters. The molecule has 1 aliphatic heterocycles. The van der Waals surface area contributed by atoms with E-state index in [0.717, 1.165) is 11.0 Å². The van der Waals surface area contributed by atoms with Gasteiger partial charge in [0.25, 0.3) is 11.8 Å². The molecule has 0 saturated carbocycles. The number of esters is 1. The van der Waals surface area contributed by atoms with Crippen LogP contribution in [0.25, 0.3) is 10.9 Å². The predicted octanol–water partition coefficient (Wildman–Crippen LogP) is 0.00640. The van der Waals surface area contributed by atoms with Gasteiger partial charge < -0.3 is 15.2 Å². The number of nitrogens with zero attached hydrogens (tertiary/aromatic N) is 2. The molecule has 0 saturated heterocycles. The largest absolute Gasteiger partial charge is 0.464 e. The normalized spacial score (nSPS) is 14.2. The maximum Gasteiger partial charge on any atom is 0.359 e. The van der Waals surface area contributed by atoms with Crippen molar-refractivity contribution in [2.45, 2.75) is 0 Å². The molecule has 3 rings (SSSR count). The van der Waals surface area contributed by atoms with Gasteiger partial charge in [0.05, 0.1) is 36.9 Å². The van der Waals surface area contributed by atoms with Gasteiger partial charge >= 0.3 is 5.97 Å². The number of ether oxygens (including phenoxy) is 1. The average Bonchev–Trinajstić information content (AvgIpc) is 3.12. The predicted molar refractivity (Wildman–Crippen MR) is 82.9 cm³/mol. The lowest BCUT2D eigenvalue weighted by molar-refractivity contribution is -0.137. The van der Waals surface area contributed by atoms with E-state index in [1.165, 1.54) is 7.11 Å². The van der Waals surface area contributed by atoms with Crippen LogP contribution in [0.1, 0.15) is 10.5 Å². The van der Waals surface area contributed by atoms with Crippen molar-refractivity contribution in [1.29, 1.82) is 0 Å². The summed E-state index contributed by atoms with van der Waals surface area (Å²) < 4.78 is 4.69. The molecule has 2 amide bonds. The van der Waals surface area contributed by atoms with Gasteiger partial charge in [-0.05, 0) is 12.1 Å². The molecule has 3 N–H and O–H groups in total. The number of carbonyl (C=O) groups is 3. The highest BCUT2D eigenvalue weighted by atomic mass is 16.5. The third-order valence-electron chi connectivity index (χ3n) is 3.57. The van der Waals surface area contributed by atoms with Gasteiger partial charge in [0.1, 0.15) is 5.70 Å². The summed E-state index contributed by atoms with van der Waals surface area (Å²) in [5, 5.41) is 18.9. The van der Waals surface area contributed by atoms with Gasteiger partial charge in [-0.25, -0.2) is 4.79 Å². The molecule has 1 aliphatic rings. The summed E-state index contributed by atoms with van der Waals surface area (Å²) in [5.41, 5.74) is 1.13. The molecule has 2 aromatic rings. The number of methoxy groups -OCH3 is 1. The van der Waals surface area contributed by atoms with E-state index in [4.69, 9.17) is 9.84 Å². The summed E-state index contributed by atoms with van der Waals surface area (Å²) in [6, 6.07) is 5.07. The summed E-state index contributed by atoms with van der Waals surface area (Å²) in [6.45, 7) is -0.398. The minimum Gasteiger partial charge on any atom is -0.464 e. The highest BCUT2D eigenvalue weighted by Gasteiger charge is 2.31. The van der Waals surface area contributed by atoms with Crippen LogP contribution in [0.2, 0.25) is 0 Å². The summed E-state index contributed by atoms with van der Waals surface area (Å²) in [4.78, 5) is 36.8. The smallest absolute Gasteiger partial charge is 0.359 e. The van der Waals surface area contributed by atoms with Gasteiger partial charge in [-0.15, -0.1) is 0 Å². The molecule has 0 radical (unpaired) electrons. The fraction of sp³-hybridized carbons (Fsp3) is 0.200. The third kappa shape index (κ3) is 2.50. The number of benzene rings is 1. The number of fused-ring (bicyclic) bond motifs is 1. The Morgan fingerprint density at radius 1 is 1.42 bits per heavy atom. The second-order valence-corrected chi connectivity index (χ2v) is 4.99. The minimum absolute atomic E-state index is 0.0537. The molecule has 24 heavy (non-hydrogen) atoms. The van der Waals surface area contributed by atoms with Gasteiger partial charge in [0, 0.05) is 6.08 Å². The number of rotatable bonds is 5. The highest BCUT2D eigenvalue weighted by molar-refractivity contribution is 6.18. The number of nitrogens with one attached hydrogen (secondary N) is 2. The molecule has 2 heterocycles. The van der Waals surface area contributed by atoms with Crippen LogP contribution in [0, 0.1) is 0 Å². The number of hydrogen-bond acceptors (Lipinski definition) is 7. The van der Waals surface area contributed by atoms with E-state index in [9.17, 15) is 14.4 Å². The van der Waals surface area contributed by atoms with Crippen molar-refractivity contribution in [2.24, 2.45) is 0 Å². The molecule has 0 aliphatic carbocycles. The molecular formula is C15H14N4O5. The number of aliphatic hydroxyl groups excluding tert-OH is 1. The lowest BCUT2D eigenvalue weighted by Crippen LogP contribution is -2.34. The zero-order chi connectivity index (χ0) is 17.3. The van der Waals surface area contributed by atoms with Crippen LogP contribution >= 0.6 is 0 Å². The molecule has 0 spiro atoms. The number of β-amino-alcohol motifs (C(OH)–C–C–N with tert-alkyl or cyclic N) is 1. The van der Waals surface area contributed by atoms with Crippen molar-refractivity contribution >= 4 is 34.4 Å². The first-order valence-electron chi connectivity index (χ1n) is 7.07. The number of aromatic amines is 1. The molecule has 0 bridgehead atoms. The Morgan fingerprint density at radius 2 is 2.21 bits per heavy atom. The van der Waals surface area contributed by atoms with Crippen LogP contribution in [0.15, 0.2) is 30.0 Å². The van der Waals surface area contributed by atoms with E-state index in [2.05, 4.69) is 15.5 Å². The topological polar surface area (TPSA) is 125 Å². The number of amides is 2. The van der Waals surface area contributed by atoms with Crippen molar-refractivity contribution in [3.05, 3.63) is 35.7 Å². The lowest BCUT2D eigenvalue weighted by atomic mass is 10.1. The van der Waals surface area contributed by atoms with Crippen LogP contribution in [0.3, 0.4) is 0 Å². The van der Waals surface area contributed by atoms with Crippen LogP contribution in [0.4, 0.5) is 5.69 Å². The Kier molecular flexibility index (Phi) is 4.00. The monoisotopic (exact) mass is 330 g/mol. The van der Waals surface area contributed by atoms with E-state index in [1.54, 1.807) is 18.2 Å². The Hall–Kier alpha value is -3.20. The van der Waals surface area contributed by atoms with Crippen LogP contribution in [0.5, 0.6) is 0 Å². The SMILES string of the molecule is COC(=O)c1n[nH]c2cccc(NC3=CC(=O)N(CCO)C3=O)c12. The van der Waals surface area contributed by atoms with Crippen LogP contribution in [-0.4, -0.2) is 58.2 Å². The Bertz CT molecular complexity index is 870. The Labute approximate surface area is 135 Å². The molecule has 0 fully saturated rings. The van der Waals surface area contributed by atoms with Crippen molar-refractivity contribution < 1.29 is 24.2 Å². The van der Waals surface area contributed by atoms with Crippen molar-refractivity contribution in [1.82, 2.24) is 15.1 Å². The summed E-state index contributed by atoms with van der Waals surface area (Å²) in [7, 11) is 1.24. The number of H-pyrrole nitrogens is 1. The highest BCUT2D eigenvalue weighted by Crippen LogP contribution is 2.28. The molecular weight excluding hydrogens is 316 g/mol. The number of aromatic nitrogens is 2. The standard InChI is InChI=1S/C15H14N4O5/c1-24-15(23)13-12-8(3-2-4-9(12)17-18-13)16-10-7-11(21)19(5-6-20)14(10)22/h2-4,7,16,20H,5-6H2,1H3,(H,17,18). The first-order valence-corrected chi connectivity index (χ1v) is 7.07. The molecule has 1 aromatic heterocycles. The van der Waals surface area contributed by atoms with Gasteiger partial charge in [0.2, 0.25) is 0 Å². The van der Waals surface area contributed by atoms with E-state index in [-0.39, 0.29) is 24.5 Å². The number of aliphatic hydroxyl groups is 1. The summed E-state index contributed by atoms with van der Waals surface area (Å²) in [6.07, 6.45) is 1.15. The van der Waals surface area contributed by atoms with E-state index >= 15 is 0 Å². The van der Waals surface area contributed by atoms with Gasteiger partial charge in [-0.2, -0.15) is 5.10 Å². The number of imide groups is 1. The van der Waals surface area contributed by atoms with Crippen molar-refractivity contribution in [3.8, 4) is 0 Å². The minimum atomic E-state index is -0.625. The van der Waals surface area contributed by atoms with Gasteiger partial charge in [0.15, 0.2) is 5.69 Å². The van der Waals surface area contributed by atoms with Gasteiger partial charge in [-0.3, -0.25) is 19.6 Å². The second kappa shape index (κ2) is 6.13. The Morgan fingerprint density at radius 3 is 2.92 bits per heavy atom. The maximum atomic E-state index is 12.2. The Balaban J connectivity index is 1.98. The number of anilines is 1.